The Hall–Kier alpha value is -1.24. The molecule has 140 valence electrons. The zero-order valence-electron chi connectivity index (χ0n) is 14.6. The van der Waals surface area contributed by atoms with Gasteiger partial charge >= 0.3 is 0 Å². The molecule has 2 heterocycles. The van der Waals surface area contributed by atoms with Gasteiger partial charge in [-0.05, 0) is 25.7 Å². The molecule has 2 aliphatic heterocycles. The topological polar surface area (TPSA) is 52.7 Å². The average molecular weight is 355 g/mol. The van der Waals surface area contributed by atoms with E-state index in [0.29, 0.717) is 13.1 Å². The number of nitrogens with one attached hydrogen (secondary N) is 1. The third-order valence-corrected chi connectivity index (χ3v) is 6.13. The van der Waals surface area contributed by atoms with E-state index in [-0.39, 0.29) is 36.4 Å². The predicted octanol–water partition coefficient (Wildman–Crippen LogP) is 1.77. The van der Waals surface area contributed by atoms with Crippen molar-refractivity contribution >= 4 is 11.8 Å². The molecule has 0 spiro atoms. The summed E-state index contributed by atoms with van der Waals surface area (Å²) in [6, 6.07) is -0.745. The van der Waals surface area contributed by atoms with Gasteiger partial charge in [-0.15, -0.1) is 0 Å². The molecule has 0 aromatic carbocycles. The molecule has 0 aromatic rings. The van der Waals surface area contributed by atoms with Gasteiger partial charge in [0.25, 0.3) is 5.92 Å². The molecule has 5 nitrogen and oxygen atoms in total. The molecule has 2 saturated heterocycles. The highest BCUT2D eigenvalue weighted by atomic mass is 19.3. The van der Waals surface area contributed by atoms with Gasteiger partial charge in [0.2, 0.25) is 11.8 Å². The molecule has 4 aliphatic rings. The second-order valence-corrected chi connectivity index (χ2v) is 8.26. The van der Waals surface area contributed by atoms with Crippen molar-refractivity contribution in [3.8, 4) is 0 Å². The molecule has 1 atom stereocenters. The van der Waals surface area contributed by atoms with Gasteiger partial charge in [-0.25, -0.2) is 8.78 Å². The number of alkyl halides is 2. The van der Waals surface area contributed by atoms with E-state index >= 15 is 0 Å². The number of amides is 2. The highest BCUT2D eigenvalue weighted by Crippen LogP contribution is 2.38. The Balaban J connectivity index is 1.35. The normalized spacial score (nSPS) is 31.0. The maximum atomic E-state index is 14.0. The minimum absolute atomic E-state index is 0.113. The summed E-state index contributed by atoms with van der Waals surface area (Å²) in [4.78, 5) is 28.1. The standard InChI is InChI=1S/C18H27F2N3O2/c19-18(20)8-15(16(24)21-13-4-2-1-3-5-13)23(11-18)14-9-22(10-14)17(25)12-6-7-12/h12-15H,1-11H2,(H,21,24)/t15-/m0/s1. The Labute approximate surface area is 147 Å². The van der Waals surface area contributed by atoms with E-state index in [1.165, 1.54) is 6.42 Å². The lowest BCUT2D eigenvalue weighted by Crippen LogP contribution is -2.64. The minimum atomic E-state index is -2.82. The maximum Gasteiger partial charge on any atom is 0.262 e. The molecule has 7 heteroatoms. The zero-order chi connectivity index (χ0) is 17.6. The summed E-state index contributed by atoms with van der Waals surface area (Å²) in [6.07, 6.45) is 6.77. The third-order valence-electron chi connectivity index (χ3n) is 6.13. The fourth-order valence-electron chi connectivity index (χ4n) is 4.45. The van der Waals surface area contributed by atoms with Crippen LogP contribution in [0.4, 0.5) is 8.78 Å². The summed E-state index contributed by atoms with van der Waals surface area (Å²) in [7, 11) is 0. The van der Waals surface area contributed by atoms with Crippen molar-refractivity contribution in [2.45, 2.75) is 75.4 Å². The van der Waals surface area contributed by atoms with E-state index in [0.717, 1.165) is 38.5 Å². The largest absolute Gasteiger partial charge is 0.352 e. The van der Waals surface area contributed by atoms with Crippen LogP contribution >= 0.6 is 0 Å². The number of nitrogens with zero attached hydrogens (tertiary/aromatic N) is 2. The van der Waals surface area contributed by atoms with Crippen molar-refractivity contribution in [1.29, 1.82) is 0 Å². The van der Waals surface area contributed by atoms with Gasteiger partial charge in [0.05, 0.1) is 12.6 Å². The van der Waals surface area contributed by atoms with Crippen LogP contribution in [-0.4, -0.2) is 65.3 Å². The van der Waals surface area contributed by atoms with Crippen LogP contribution in [0.1, 0.15) is 51.4 Å². The molecule has 2 amide bonds. The van der Waals surface area contributed by atoms with Crippen LogP contribution in [0.5, 0.6) is 0 Å². The van der Waals surface area contributed by atoms with Crippen LogP contribution in [0.3, 0.4) is 0 Å². The molecular formula is C18H27F2N3O2. The Bertz CT molecular complexity index is 540. The van der Waals surface area contributed by atoms with Crippen molar-refractivity contribution in [1.82, 2.24) is 15.1 Å². The van der Waals surface area contributed by atoms with Gasteiger partial charge in [0, 0.05) is 37.5 Å². The summed E-state index contributed by atoms with van der Waals surface area (Å²) in [5.74, 6) is -2.76. The van der Waals surface area contributed by atoms with Crippen LogP contribution in [0.15, 0.2) is 0 Å². The van der Waals surface area contributed by atoms with Crippen molar-refractivity contribution in [2.75, 3.05) is 19.6 Å². The number of halogens is 2. The molecular weight excluding hydrogens is 328 g/mol. The van der Waals surface area contributed by atoms with Crippen molar-refractivity contribution in [3.05, 3.63) is 0 Å². The van der Waals surface area contributed by atoms with E-state index in [4.69, 9.17) is 0 Å². The highest BCUT2D eigenvalue weighted by molar-refractivity contribution is 5.83. The fourth-order valence-corrected chi connectivity index (χ4v) is 4.45. The lowest BCUT2D eigenvalue weighted by molar-refractivity contribution is -0.141. The van der Waals surface area contributed by atoms with E-state index in [1.807, 2.05) is 0 Å². The zero-order valence-corrected chi connectivity index (χ0v) is 14.6. The average Bonchev–Trinajstić information content (AvgIpc) is 3.31. The predicted molar refractivity (Wildman–Crippen MR) is 88.2 cm³/mol. The number of carbonyl (C=O) groups excluding carboxylic acids is 2. The van der Waals surface area contributed by atoms with Crippen LogP contribution in [0.25, 0.3) is 0 Å². The van der Waals surface area contributed by atoms with Gasteiger partial charge < -0.3 is 10.2 Å². The molecule has 1 N–H and O–H groups in total. The first-order chi connectivity index (χ1) is 11.9. The molecule has 4 fully saturated rings. The molecule has 0 bridgehead atoms. The summed E-state index contributed by atoms with van der Waals surface area (Å²) in [5.41, 5.74) is 0. The van der Waals surface area contributed by atoms with E-state index in [1.54, 1.807) is 9.80 Å². The number of likely N-dealkylation sites (tertiary alicyclic amines) is 2. The summed E-state index contributed by atoms with van der Waals surface area (Å²) >= 11 is 0. The van der Waals surface area contributed by atoms with E-state index in [2.05, 4.69) is 5.32 Å². The van der Waals surface area contributed by atoms with E-state index in [9.17, 15) is 18.4 Å². The lowest BCUT2D eigenvalue weighted by atomic mass is 9.95. The molecule has 2 saturated carbocycles. The van der Waals surface area contributed by atoms with Gasteiger partial charge in [-0.3, -0.25) is 14.5 Å². The fraction of sp³-hybridized carbons (Fsp3) is 0.889. The number of carbonyl (C=O) groups is 2. The maximum absolute atomic E-state index is 14.0. The number of rotatable bonds is 4. The van der Waals surface area contributed by atoms with Gasteiger partial charge in [0.15, 0.2) is 0 Å². The molecule has 2 aliphatic carbocycles. The van der Waals surface area contributed by atoms with Gasteiger partial charge in [-0.2, -0.15) is 0 Å². The second kappa shape index (κ2) is 6.49. The minimum Gasteiger partial charge on any atom is -0.352 e. The van der Waals surface area contributed by atoms with Crippen molar-refractivity contribution < 1.29 is 18.4 Å². The van der Waals surface area contributed by atoms with Crippen LogP contribution in [-0.2, 0) is 9.59 Å². The van der Waals surface area contributed by atoms with Gasteiger partial charge in [0.1, 0.15) is 0 Å². The Morgan fingerprint density at radius 3 is 2.32 bits per heavy atom. The van der Waals surface area contributed by atoms with Crippen molar-refractivity contribution in [2.24, 2.45) is 5.92 Å². The summed E-state index contributed by atoms with van der Waals surface area (Å²) in [5, 5.41) is 3.00. The van der Waals surface area contributed by atoms with Crippen molar-refractivity contribution in [3.63, 3.8) is 0 Å². The number of hydrogen-bond donors (Lipinski definition) is 1. The third kappa shape index (κ3) is 3.66. The molecule has 0 aromatic heterocycles. The SMILES string of the molecule is O=C(NC1CCCCC1)[C@@H]1CC(F)(F)CN1C1CN(C(=O)C2CC2)C1. The Morgan fingerprint density at radius 2 is 1.68 bits per heavy atom. The summed E-state index contributed by atoms with van der Waals surface area (Å²) < 4.78 is 28.0. The first-order valence-corrected chi connectivity index (χ1v) is 9.66. The lowest BCUT2D eigenvalue weighted by Gasteiger charge is -2.45. The summed E-state index contributed by atoms with van der Waals surface area (Å²) in [6.45, 7) is 0.600. The first kappa shape index (κ1) is 17.2. The van der Waals surface area contributed by atoms with E-state index < -0.39 is 18.4 Å². The molecule has 0 unspecified atom stereocenters. The number of hydrogen-bond acceptors (Lipinski definition) is 3. The molecule has 4 rings (SSSR count). The van der Waals surface area contributed by atoms with Gasteiger partial charge in [-0.1, -0.05) is 19.3 Å². The molecule has 25 heavy (non-hydrogen) atoms. The monoisotopic (exact) mass is 355 g/mol. The van der Waals surface area contributed by atoms with Crippen LogP contribution in [0, 0.1) is 5.92 Å². The van der Waals surface area contributed by atoms with Crippen LogP contribution < -0.4 is 5.32 Å². The smallest absolute Gasteiger partial charge is 0.262 e. The molecule has 0 radical (unpaired) electrons. The van der Waals surface area contributed by atoms with Crippen LogP contribution in [0.2, 0.25) is 0 Å². The Morgan fingerprint density at radius 1 is 1.00 bits per heavy atom. The quantitative estimate of drug-likeness (QED) is 0.836. The first-order valence-electron chi connectivity index (χ1n) is 9.66. The highest BCUT2D eigenvalue weighted by Gasteiger charge is 2.53. The Kier molecular flexibility index (Phi) is 4.46. The second-order valence-electron chi connectivity index (χ2n) is 8.26.